The van der Waals surface area contributed by atoms with Crippen LogP contribution in [0, 0.1) is 13.8 Å². The molecule has 5 nitrogen and oxygen atoms in total. The normalized spacial score (nSPS) is 18.7. The highest BCUT2D eigenvalue weighted by molar-refractivity contribution is 7.13. The molecule has 0 aliphatic carbocycles. The number of β-amino-alcohol motifs (C(OH)–C–C–N with tert-alkyl or cyclic N) is 1. The van der Waals surface area contributed by atoms with Crippen molar-refractivity contribution >= 4 is 22.8 Å². The van der Waals surface area contributed by atoms with Crippen LogP contribution in [0.2, 0.25) is 0 Å². The summed E-state index contributed by atoms with van der Waals surface area (Å²) in [5, 5.41) is 16.8. The van der Waals surface area contributed by atoms with Gasteiger partial charge in [-0.2, -0.15) is 9.61 Å². The fourth-order valence-electron chi connectivity index (χ4n) is 3.32. The molecule has 23 heavy (non-hydrogen) atoms. The number of aliphatic hydroxyl groups is 1. The van der Waals surface area contributed by atoms with Crippen LogP contribution in [0.15, 0.2) is 23.6 Å². The minimum atomic E-state index is -0.263. The van der Waals surface area contributed by atoms with Gasteiger partial charge in [-0.15, -0.1) is 11.3 Å². The number of thiophene rings is 1. The first-order valence-corrected chi connectivity index (χ1v) is 8.85. The van der Waals surface area contributed by atoms with Gasteiger partial charge in [0.15, 0.2) is 5.65 Å². The van der Waals surface area contributed by atoms with Crippen LogP contribution < -0.4 is 4.90 Å². The molecule has 1 fully saturated rings. The lowest BCUT2D eigenvalue weighted by molar-refractivity contribution is 0.153. The SMILES string of the molecule is Cc1cc(N2CCCC(O)C2)n2nc(C)c(-c3cccs3)c2n1. The van der Waals surface area contributed by atoms with Crippen molar-refractivity contribution in [3.8, 4) is 10.4 Å². The Bertz CT molecular complexity index is 840. The highest BCUT2D eigenvalue weighted by Gasteiger charge is 2.23. The Balaban J connectivity index is 1.91. The Kier molecular flexibility index (Phi) is 3.58. The first kappa shape index (κ1) is 14.7. The van der Waals surface area contributed by atoms with Gasteiger partial charge in [-0.1, -0.05) is 6.07 Å². The van der Waals surface area contributed by atoms with Gasteiger partial charge in [-0.05, 0) is 38.1 Å². The third kappa shape index (κ3) is 2.52. The van der Waals surface area contributed by atoms with E-state index in [9.17, 15) is 5.11 Å². The maximum absolute atomic E-state index is 10.0. The summed E-state index contributed by atoms with van der Waals surface area (Å²) in [7, 11) is 0. The largest absolute Gasteiger partial charge is 0.391 e. The summed E-state index contributed by atoms with van der Waals surface area (Å²) >= 11 is 1.71. The van der Waals surface area contributed by atoms with E-state index in [-0.39, 0.29) is 6.10 Å². The summed E-state index contributed by atoms with van der Waals surface area (Å²) in [6, 6.07) is 6.24. The number of hydrogen-bond donors (Lipinski definition) is 1. The highest BCUT2D eigenvalue weighted by Crippen LogP contribution is 2.33. The van der Waals surface area contributed by atoms with E-state index in [1.165, 1.54) is 4.88 Å². The number of aliphatic hydroxyl groups excluding tert-OH is 1. The molecular formula is C17H20N4OS. The van der Waals surface area contributed by atoms with Crippen LogP contribution in [0.3, 0.4) is 0 Å². The summed E-state index contributed by atoms with van der Waals surface area (Å²) in [4.78, 5) is 8.16. The fraction of sp³-hybridized carbons (Fsp3) is 0.412. The average molecular weight is 328 g/mol. The van der Waals surface area contributed by atoms with Gasteiger partial charge in [0.1, 0.15) is 5.82 Å². The lowest BCUT2D eigenvalue weighted by atomic mass is 10.1. The molecule has 0 bridgehead atoms. The van der Waals surface area contributed by atoms with Crippen molar-refractivity contribution in [2.24, 2.45) is 0 Å². The van der Waals surface area contributed by atoms with Gasteiger partial charge in [-0.25, -0.2) is 4.98 Å². The highest BCUT2D eigenvalue weighted by atomic mass is 32.1. The molecule has 1 N–H and O–H groups in total. The van der Waals surface area contributed by atoms with E-state index in [2.05, 4.69) is 28.5 Å². The van der Waals surface area contributed by atoms with Gasteiger partial charge in [0.2, 0.25) is 0 Å². The molecule has 1 unspecified atom stereocenters. The van der Waals surface area contributed by atoms with Crippen molar-refractivity contribution < 1.29 is 5.11 Å². The number of anilines is 1. The zero-order valence-corrected chi connectivity index (χ0v) is 14.2. The van der Waals surface area contributed by atoms with Gasteiger partial charge >= 0.3 is 0 Å². The minimum Gasteiger partial charge on any atom is -0.391 e. The van der Waals surface area contributed by atoms with Gasteiger partial charge in [0.05, 0.1) is 17.4 Å². The molecule has 0 spiro atoms. The standard InChI is InChI=1S/C17H20N4OS/c1-11-9-15(20-7-3-5-13(22)10-20)21-17(18-11)16(12(2)19-21)14-6-4-8-23-14/h4,6,8-9,13,22H,3,5,7,10H2,1-2H3. The first-order valence-electron chi connectivity index (χ1n) is 7.97. The van der Waals surface area contributed by atoms with E-state index in [1.54, 1.807) is 11.3 Å². The van der Waals surface area contributed by atoms with Gasteiger partial charge < -0.3 is 10.0 Å². The predicted molar refractivity (Wildman–Crippen MR) is 93.2 cm³/mol. The van der Waals surface area contributed by atoms with E-state index in [0.717, 1.165) is 47.8 Å². The molecule has 6 heteroatoms. The van der Waals surface area contributed by atoms with Crippen molar-refractivity contribution in [3.63, 3.8) is 0 Å². The monoisotopic (exact) mass is 328 g/mol. The molecule has 120 valence electrons. The maximum Gasteiger partial charge on any atom is 0.166 e. The van der Waals surface area contributed by atoms with Crippen LogP contribution in [-0.2, 0) is 0 Å². The van der Waals surface area contributed by atoms with Crippen LogP contribution in [0.5, 0.6) is 0 Å². The van der Waals surface area contributed by atoms with Crippen molar-refractivity contribution in [3.05, 3.63) is 35.0 Å². The van der Waals surface area contributed by atoms with E-state index in [1.807, 2.05) is 18.4 Å². The summed E-state index contributed by atoms with van der Waals surface area (Å²) in [5.41, 5.74) is 3.98. The number of aromatic nitrogens is 3. The van der Waals surface area contributed by atoms with Crippen LogP contribution in [-0.4, -0.2) is 38.9 Å². The Morgan fingerprint density at radius 2 is 2.22 bits per heavy atom. The Hall–Kier alpha value is -1.92. The molecule has 4 rings (SSSR count). The number of rotatable bonds is 2. The molecule has 3 aromatic heterocycles. The van der Waals surface area contributed by atoms with Gasteiger partial charge in [0, 0.05) is 29.7 Å². The average Bonchev–Trinajstić information content (AvgIpc) is 3.13. The molecule has 1 aliphatic heterocycles. The Morgan fingerprint density at radius 1 is 1.35 bits per heavy atom. The predicted octanol–water partition coefficient (Wildman–Crippen LogP) is 3.04. The third-order valence-electron chi connectivity index (χ3n) is 4.36. The van der Waals surface area contributed by atoms with Crippen LogP contribution in [0.4, 0.5) is 5.82 Å². The number of hydrogen-bond acceptors (Lipinski definition) is 5. The number of nitrogens with zero attached hydrogens (tertiary/aromatic N) is 4. The lowest BCUT2D eigenvalue weighted by Gasteiger charge is -2.32. The van der Waals surface area contributed by atoms with E-state index >= 15 is 0 Å². The summed E-state index contributed by atoms with van der Waals surface area (Å²) in [6.45, 7) is 5.66. The molecule has 0 aromatic carbocycles. The molecule has 1 atom stereocenters. The molecule has 1 aliphatic rings. The zero-order valence-electron chi connectivity index (χ0n) is 13.4. The smallest absolute Gasteiger partial charge is 0.166 e. The van der Waals surface area contributed by atoms with Gasteiger partial charge in [-0.3, -0.25) is 0 Å². The third-order valence-corrected chi connectivity index (χ3v) is 5.25. The summed E-state index contributed by atoms with van der Waals surface area (Å²) in [6.07, 6.45) is 1.62. The first-order chi connectivity index (χ1) is 11.1. The van der Waals surface area contributed by atoms with Crippen molar-refractivity contribution in [1.82, 2.24) is 14.6 Å². The van der Waals surface area contributed by atoms with Crippen molar-refractivity contribution in [2.75, 3.05) is 18.0 Å². The lowest BCUT2D eigenvalue weighted by Crippen LogP contribution is -2.39. The van der Waals surface area contributed by atoms with Crippen LogP contribution >= 0.6 is 11.3 Å². The Labute approximate surface area is 139 Å². The number of fused-ring (bicyclic) bond motifs is 1. The summed E-state index contributed by atoms with van der Waals surface area (Å²) < 4.78 is 1.94. The minimum absolute atomic E-state index is 0.263. The second kappa shape index (κ2) is 5.62. The molecule has 3 aromatic rings. The quantitative estimate of drug-likeness (QED) is 0.785. The van der Waals surface area contributed by atoms with E-state index < -0.39 is 0 Å². The van der Waals surface area contributed by atoms with Crippen molar-refractivity contribution in [2.45, 2.75) is 32.8 Å². The molecule has 0 saturated carbocycles. The molecule has 0 radical (unpaired) electrons. The van der Waals surface area contributed by atoms with Crippen molar-refractivity contribution in [1.29, 1.82) is 0 Å². The van der Waals surface area contributed by atoms with E-state index in [0.29, 0.717) is 6.54 Å². The molecular weight excluding hydrogens is 308 g/mol. The zero-order chi connectivity index (χ0) is 16.0. The number of aryl methyl sites for hydroxylation is 2. The fourth-order valence-corrected chi connectivity index (χ4v) is 4.14. The Morgan fingerprint density at radius 3 is 2.96 bits per heavy atom. The maximum atomic E-state index is 10.0. The molecule has 4 heterocycles. The summed E-state index contributed by atoms with van der Waals surface area (Å²) in [5.74, 6) is 1.03. The second-order valence-electron chi connectivity index (χ2n) is 6.17. The topological polar surface area (TPSA) is 53.7 Å². The van der Waals surface area contributed by atoms with Gasteiger partial charge in [0.25, 0.3) is 0 Å². The van der Waals surface area contributed by atoms with E-state index in [4.69, 9.17) is 10.1 Å². The second-order valence-corrected chi connectivity index (χ2v) is 7.12. The van der Waals surface area contributed by atoms with Crippen LogP contribution in [0.1, 0.15) is 24.2 Å². The molecule has 0 amide bonds. The molecule has 1 saturated heterocycles. The van der Waals surface area contributed by atoms with Crippen LogP contribution in [0.25, 0.3) is 16.1 Å². The number of piperidine rings is 1.